The van der Waals surface area contributed by atoms with Crippen LogP contribution in [-0.2, 0) is 4.74 Å². The maximum atomic E-state index is 12.4. The van der Waals surface area contributed by atoms with E-state index in [0.717, 1.165) is 11.1 Å². The van der Waals surface area contributed by atoms with Gasteiger partial charge in [-0.15, -0.1) is 0 Å². The number of hydrogen-bond acceptors (Lipinski definition) is 4. The first kappa shape index (κ1) is 16.9. The Hall–Kier alpha value is -2.43. The predicted molar refractivity (Wildman–Crippen MR) is 89.5 cm³/mol. The molecule has 2 aromatic rings. The van der Waals surface area contributed by atoms with Gasteiger partial charge in [-0.2, -0.15) is 0 Å². The zero-order valence-corrected chi connectivity index (χ0v) is 13.0. The summed E-state index contributed by atoms with van der Waals surface area (Å²) in [6.45, 7) is 2.73. The van der Waals surface area contributed by atoms with E-state index in [9.17, 15) is 9.90 Å². The summed E-state index contributed by atoms with van der Waals surface area (Å²) in [4.78, 5) is 12.4. The molecule has 23 heavy (non-hydrogen) atoms. The van der Waals surface area contributed by atoms with E-state index in [1.807, 2.05) is 25.1 Å². The molecule has 2 aromatic carbocycles. The van der Waals surface area contributed by atoms with Gasteiger partial charge in [-0.3, -0.25) is 4.79 Å². The number of hydrogen-bond donors (Lipinski definition) is 2. The van der Waals surface area contributed by atoms with Crippen molar-refractivity contribution in [2.45, 2.75) is 6.92 Å². The fraction of sp³-hybridized carbons (Fsp3) is 0.211. The molecule has 0 saturated carbocycles. The molecule has 4 heteroatoms. The van der Waals surface area contributed by atoms with Crippen LogP contribution in [0.15, 0.2) is 54.1 Å². The molecule has 0 spiro atoms. The summed E-state index contributed by atoms with van der Waals surface area (Å²) in [5.74, 6) is -0.222. The minimum absolute atomic E-state index is 0.0103. The van der Waals surface area contributed by atoms with Crippen molar-refractivity contribution in [1.29, 1.82) is 0 Å². The quantitative estimate of drug-likeness (QED) is 0.609. The van der Waals surface area contributed by atoms with Crippen LogP contribution in [0, 0.1) is 0 Å². The number of aliphatic hydroxyl groups is 1. The van der Waals surface area contributed by atoms with Gasteiger partial charge >= 0.3 is 0 Å². The number of carbonyl (C=O) groups excluding carboxylic acids is 1. The van der Waals surface area contributed by atoms with Gasteiger partial charge in [-0.25, -0.2) is 0 Å². The monoisotopic (exact) mass is 312 g/mol. The number of benzene rings is 2. The third-order valence-electron chi connectivity index (χ3n) is 3.30. The highest BCUT2D eigenvalue weighted by Gasteiger charge is 2.12. The number of aromatic hydroxyl groups is 1. The molecule has 0 heterocycles. The Bertz CT molecular complexity index is 687. The molecule has 0 saturated heterocycles. The molecule has 4 nitrogen and oxygen atoms in total. The second kappa shape index (κ2) is 8.27. The van der Waals surface area contributed by atoms with Crippen LogP contribution < -0.4 is 0 Å². The van der Waals surface area contributed by atoms with Crippen molar-refractivity contribution in [1.82, 2.24) is 0 Å². The molecule has 2 rings (SSSR count). The Morgan fingerprint density at radius 1 is 1.13 bits per heavy atom. The normalized spacial score (nSPS) is 11.5. The molecule has 120 valence electrons. The Kier molecular flexibility index (Phi) is 6.09. The van der Waals surface area contributed by atoms with Gasteiger partial charge in [0.25, 0.3) is 0 Å². The van der Waals surface area contributed by atoms with Gasteiger partial charge in [-0.05, 0) is 30.2 Å². The molecule has 0 aliphatic heterocycles. The second-order valence-electron chi connectivity index (χ2n) is 5.24. The number of ketones is 1. The molecule has 0 bridgehead atoms. The van der Waals surface area contributed by atoms with Gasteiger partial charge in [-0.1, -0.05) is 42.5 Å². The molecule has 0 aliphatic carbocycles. The van der Waals surface area contributed by atoms with Gasteiger partial charge in [0, 0.05) is 5.56 Å². The van der Waals surface area contributed by atoms with Crippen molar-refractivity contribution >= 4 is 11.9 Å². The number of carbonyl (C=O) groups is 1. The fourth-order valence-electron chi connectivity index (χ4n) is 2.18. The lowest BCUT2D eigenvalue weighted by Gasteiger charge is -2.05. The van der Waals surface area contributed by atoms with Crippen LogP contribution in [0.4, 0.5) is 0 Å². The number of ether oxygens (including phenoxy) is 1. The van der Waals surface area contributed by atoms with Gasteiger partial charge in [0.05, 0.1) is 25.4 Å². The summed E-state index contributed by atoms with van der Waals surface area (Å²) in [6, 6.07) is 13.7. The van der Waals surface area contributed by atoms with E-state index < -0.39 is 0 Å². The molecule has 0 amide bonds. The number of phenolic OH excluding ortho intramolecular Hbond substituents is 1. The first-order valence-corrected chi connectivity index (χ1v) is 7.40. The molecule has 0 fully saturated rings. The lowest BCUT2D eigenvalue weighted by atomic mass is 10.0. The zero-order chi connectivity index (χ0) is 16.7. The number of rotatable bonds is 7. The zero-order valence-electron chi connectivity index (χ0n) is 13.0. The lowest BCUT2D eigenvalue weighted by Crippen LogP contribution is -2.02. The summed E-state index contributed by atoms with van der Waals surface area (Å²) in [7, 11) is 0. The molecule has 0 unspecified atom stereocenters. The third kappa shape index (κ3) is 4.77. The molecular formula is C19H20O4. The third-order valence-corrected chi connectivity index (χ3v) is 3.30. The smallest absolute Gasteiger partial charge is 0.196 e. The van der Waals surface area contributed by atoms with E-state index in [4.69, 9.17) is 9.84 Å². The van der Waals surface area contributed by atoms with E-state index in [2.05, 4.69) is 0 Å². The SMILES string of the molecule is CC(=Cc1ccc(C(=O)c2ccccc2O)cc1)COCCO. The molecular weight excluding hydrogens is 292 g/mol. The highest BCUT2D eigenvalue weighted by atomic mass is 16.5. The second-order valence-corrected chi connectivity index (χ2v) is 5.24. The fourth-order valence-corrected chi connectivity index (χ4v) is 2.18. The van der Waals surface area contributed by atoms with Gasteiger partial charge in [0.2, 0.25) is 0 Å². The summed E-state index contributed by atoms with van der Waals surface area (Å²) in [5.41, 5.74) is 2.81. The standard InChI is InChI=1S/C19H20O4/c1-14(13-23-11-10-20)12-15-6-8-16(9-7-15)19(22)17-4-2-3-5-18(17)21/h2-9,12,20-21H,10-11,13H2,1H3. The number of phenols is 1. The summed E-state index contributed by atoms with van der Waals surface area (Å²) in [6.07, 6.45) is 1.96. The summed E-state index contributed by atoms with van der Waals surface area (Å²) >= 11 is 0. The van der Waals surface area contributed by atoms with Crippen LogP contribution in [0.25, 0.3) is 6.08 Å². The van der Waals surface area contributed by atoms with Gasteiger partial charge in [0.1, 0.15) is 5.75 Å². The van der Waals surface area contributed by atoms with Crippen LogP contribution in [0.3, 0.4) is 0 Å². The van der Waals surface area contributed by atoms with E-state index in [1.54, 1.807) is 30.3 Å². The molecule has 2 N–H and O–H groups in total. The van der Waals surface area contributed by atoms with E-state index >= 15 is 0 Å². The van der Waals surface area contributed by atoms with E-state index in [0.29, 0.717) is 24.3 Å². The maximum absolute atomic E-state index is 12.4. The molecule has 0 atom stereocenters. The Morgan fingerprint density at radius 2 is 1.83 bits per heavy atom. The van der Waals surface area contributed by atoms with Crippen molar-refractivity contribution in [3.8, 4) is 5.75 Å². The van der Waals surface area contributed by atoms with Crippen LogP contribution >= 0.6 is 0 Å². The van der Waals surface area contributed by atoms with Crippen LogP contribution in [-0.4, -0.2) is 35.8 Å². The van der Waals surface area contributed by atoms with Crippen molar-refractivity contribution in [3.05, 3.63) is 70.8 Å². The predicted octanol–water partition coefficient (Wildman–Crippen LogP) is 3.04. The topological polar surface area (TPSA) is 66.8 Å². The highest BCUT2D eigenvalue weighted by Crippen LogP contribution is 2.20. The van der Waals surface area contributed by atoms with Gasteiger partial charge < -0.3 is 14.9 Å². The molecule has 0 aliphatic rings. The van der Waals surface area contributed by atoms with Crippen molar-refractivity contribution in [2.75, 3.05) is 19.8 Å². The van der Waals surface area contributed by atoms with Gasteiger partial charge in [0.15, 0.2) is 5.78 Å². The van der Waals surface area contributed by atoms with Crippen molar-refractivity contribution in [2.24, 2.45) is 0 Å². The summed E-state index contributed by atoms with van der Waals surface area (Å²) in [5, 5.41) is 18.4. The number of aliphatic hydroxyl groups excluding tert-OH is 1. The first-order valence-electron chi connectivity index (χ1n) is 7.40. The summed E-state index contributed by atoms with van der Waals surface area (Å²) < 4.78 is 5.25. The molecule has 0 aromatic heterocycles. The van der Waals surface area contributed by atoms with Crippen molar-refractivity contribution in [3.63, 3.8) is 0 Å². The Morgan fingerprint density at radius 3 is 2.48 bits per heavy atom. The van der Waals surface area contributed by atoms with Crippen molar-refractivity contribution < 1.29 is 19.7 Å². The van der Waals surface area contributed by atoms with E-state index in [-0.39, 0.29) is 18.1 Å². The first-order chi connectivity index (χ1) is 11.1. The Balaban J connectivity index is 2.09. The highest BCUT2D eigenvalue weighted by molar-refractivity contribution is 6.10. The molecule has 0 radical (unpaired) electrons. The minimum Gasteiger partial charge on any atom is -0.507 e. The maximum Gasteiger partial charge on any atom is 0.196 e. The minimum atomic E-state index is -0.207. The average Bonchev–Trinajstić information content (AvgIpc) is 2.56. The Labute approximate surface area is 135 Å². The largest absolute Gasteiger partial charge is 0.507 e. The average molecular weight is 312 g/mol. The van der Waals surface area contributed by atoms with Crippen LogP contribution in [0.1, 0.15) is 28.4 Å². The lowest BCUT2D eigenvalue weighted by molar-refractivity contribution is 0.103. The number of para-hydroxylation sites is 1. The van der Waals surface area contributed by atoms with Crippen LogP contribution in [0.2, 0.25) is 0 Å². The van der Waals surface area contributed by atoms with Crippen LogP contribution in [0.5, 0.6) is 5.75 Å². The van der Waals surface area contributed by atoms with E-state index in [1.165, 1.54) is 6.07 Å².